The van der Waals surface area contributed by atoms with Crippen molar-refractivity contribution >= 4 is 23.1 Å². The van der Waals surface area contributed by atoms with Gasteiger partial charge in [0.1, 0.15) is 0 Å². The van der Waals surface area contributed by atoms with Gasteiger partial charge in [0.25, 0.3) is 0 Å². The summed E-state index contributed by atoms with van der Waals surface area (Å²) in [5.41, 5.74) is 7.36. The van der Waals surface area contributed by atoms with Crippen molar-refractivity contribution in [2.75, 3.05) is 18.0 Å². The zero-order valence-electron chi connectivity index (χ0n) is 11.8. The average Bonchev–Trinajstić information content (AvgIpc) is 2.47. The molecule has 5 heteroatoms. The summed E-state index contributed by atoms with van der Waals surface area (Å²) in [6, 6.07) is 5.66. The Kier molecular flexibility index (Phi) is 5.12. The van der Waals surface area contributed by atoms with Crippen molar-refractivity contribution in [2.45, 2.75) is 32.6 Å². The van der Waals surface area contributed by atoms with Crippen LogP contribution < -0.4 is 10.6 Å². The molecule has 0 spiro atoms. The van der Waals surface area contributed by atoms with Crippen molar-refractivity contribution in [3.63, 3.8) is 0 Å². The number of rotatable bonds is 4. The highest BCUT2D eigenvalue weighted by Crippen LogP contribution is 2.31. The number of hydrogen-bond acceptors (Lipinski definition) is 3. The molecule has 0 aliphatic carbocycles. The van der Waals surface area contributed by atoms with E-state index >= 15 is 0 Å². The maximum Gasteiger partial charge on any atom is 0.173 e. The topological polar surface area (TPSA) is 61.8 Å². The van der Waals surface area contributed by atoms with Crippen molar-refractivity contribution in [3.05, 3.63) is 28.8 Å². The van der Waals surface area contributed by atoms with Gasteiger partial charge in [-0.25, -0.2) is 0 Å². The molecule has 1 aromatic rings. The molecular formula is C15H22ClN3O. The standard InChI is InChI=1S/C15H22ClN3O/c1-2-4-11-7-9-19(10-8-11)13-6-3-5-12(16)14(13)15(17)18-20/h3,5-6,11,20H,2,4,7-10H2,1H3,(H2,17,18). The van der Waals surface area contributed by atoms with Gasteiger partial charge in [-0.3, -0.25) is 0 Å². The normalized spacial score (nSPS) is 17.5. The van der Waals surface area contributed by atoms with E-state index in [9.17, 15) is 0 Å². The van der Waals surface area contributed by atoms with Crippen LogP contribution in [0.2, 0.25) is 5.02 Å². The van der Waals surface area contributed by atoms with Crippen LogP contribution in [0.15, 0.2) is 23.4 Å². The highest BCUT2D eigenvalue weighted by atomic mass is 35.5. The maximum atomic E-state index is 8.93. The Balaban J connectivity index is 2.20. The summed E-state index contributed by atoms with van der Waals surface area (Å²) in [4.78, 5) is 2.28. The zero-order valence-corrected chi connectivity index (χ0v) is 12.6. The smallest absolute Gasteiger partial charge is 0.173 e. The largest absolute Gasteiger partial charge is 0.409 e. The summed E-state index contributed by atoms with van der Waals surface area (Å²) in [7, 11) is 0. The lowest BCUT2D eigenvalue weighted by atomic mass is 9.92. The van der Waals surface area contributed by atoms with Crippen molar-refractivity contribution in [1.29, 1.82) is 0 Å². The minimum absolute atomic E-state index is 0.0706. The molecule has 1 heterocycles. The minimum Gasteiger partial charge on any atom is -0.409 e. The fourth-order valence-corrected chi connectivity index (χ4v) is 3.22. The van der Waals surface area contributed by atoms with Crippen molar-refractivity contribution in [3.8, 4) is 0 Å². The molecule has 20 heavy (non-hydrogen) atoms. The van der Waals surface area contributed by atoms with E-state index in [1.54, 1.807) is 6.07 Å². The van der Waals surface area contributed by atoms with Crippen molar-refractivity contribution in [2.24, 2.45) is 16.8 Å². The third-order valence-corrected chi connectivity index (χ3v) is 4.32. The maximum absolute atomic E-state index is 8.93. The predicted octanol–water partition coefficient (Wildman–Crippen LogP) is 3.45. The molecule has 4 nitrogen and oxygen atoms in total. The van der Waals surface area contributed by atoms with E-state index in [2.05, 4.69) is 17.0 Å². The number of nitrogens with zero attached hydrogens (tertiary/aromatic N) is 2. The molecule has 0 aromatic heterocycles. The Labute approximate surface area is 125 Å². The number of hydrogen-bond donors (Lipinski definition) is 2. The summed E-state index contributed by atoms with van der Waals surface area (Å²) in [5, 5.41) is 12.6. The molecule has 2 rings (SSSR count). The first-order chi connectivity index (χ1) is 9.67. The van der Waals surface area contributed by atoms with Crippen LogP contribution in [0.5, 0.6) is 0 Å². The summed E-state index contributed by atoms with van der Waals surface area (Å²) in [6.45, 7) is 4.23. The van der Waals surface area contributed by atoms with Crippen molar-refractivity contribution < 1.29 is 5.21 Å². The van der Waals surface area contributed by atoms with Gasteiger partial charge in [-0.1, -0.05) is 42.6 Å². The molecule has 1 fully saturated rings. The summed E-state index contributed by atoms with van der Waals surface area (Å²) < 4.78 is 0. The number of piperidine rings is 1. The van der Waals surface area contributed by atoms with Crippen LogP contribution in [-0.4, -0.2) is 24.1 Å². The average molecular weight is 296 g/mol. The first-order valence-corrected chi connectivity index (χ1v) is 7.56. The van der Waals surface area contributed by atoms with Crippen LogP contribution in [-0.2, 0) is 0 Å². The number of anilines is 1. The molecule has 3 N–H and O–H groups in total. The fourth-order valence-electron chi connectivity index (χ4n) is 2.95. The SMILES string of the molecule is CCCC1CCN(c2cccc(Cl)c2C(N)=NO)CC1. The van der Waals surface area contributed by atoms with Gasteiger partial charge in [0.15, 0.2) is 5.84 Å². The van der Waals surface area contributed by atoms with Crippen molar-refractivity contribution in [1.82, 2.24) is 0 Å². The third kappa shape index (κ3) is 3.18. The van der Waals surface area contributed by atoms with Crippen LogP contribution >= 0.6 is 11.6 Å². The highest BCUT2D eigenvalue weighted by molar-refractivity contribution is 6.34. The molecule has 0 atom stereocenters. The predicted molar refractivity (Wildman–Crippen MR) is 83.8 cm³/mol. The first kappa shape index (κ1) is 15.0. The van der Waals surface area contributed by atoms with Gasteiger partial charge in [0, 0.05) is 18.8 Å². The van der Waals surface area contributed by atoms with E-state index in [0.717, 1.165) is 24.7 Å². The second-order valence-electron chi connectivity index (χ2n) is 5.34. The van der Waals surface area contributed by atoms with E-state index < -0.39 is 0 Å². The van der Waals surface area contributed by atoms with Gasteiger partial charge in [-0.15, -0.1) is 0 Å². The quantitative estimate of drug-likeness (QED) is 0.387. The van der Waals surface area contributed by atoms with E-state index in [1.807, 2.05) is 12.1 Å². The van der Waals surface area contributed by atoms with Crippen LogP contribution in [0.3, 0.4) is 0 Å². The van der Waals surface area contributed by atoms with E-state index in [-0.39, 0.29) is 5.84 Å². The van der Waals surface area contributed by atoms with E-state index in [1.165, 1.54) is 25.7 Å². The van der Waals surface area contributed by atoms with Crippen LogP contribution in [0, 0.1) is 5.92 Å². The lowest BCUT2D eigenvalue weighted by molar-refractivity contribution is 0.318. The zero-order chi connectivity index (χ0) is 14.5. The number of halogens is 1. The molecular weight excluding hydrogens is 274 g/mol. The Morgan fingerprint density at radius 3 is 2.75 bits per heavy atom. The van der Waals surface area contributed by atoms with Gasteiger partial charge in [-0.2, -0.15) is 0 Å². The van der Waals surface area contributed by atoms with Crippen LogP contribution in [0.4, 0.5) is 5.69 Å². The van der Waals surface area contributed by atoms with Crippen LogP contribution in [0.1, 0.15) is 38.2 Å². The number of nitrogens with two attached hydrogens (primary N) is 1. The third-order valence-electron chi connectivity index (χ3n) is 4.01. The molecule has 0 bridgehead atoms. The second-order valence-corrected chi connectivity index (χ2v) is 5.75. The molecule has 0 unspecified atom stereocenters. The molecule has 0 radical (unpaired) electrons. The monoisotopic (exact) mass is 295 g/mol. The number of benzene rings is 1. The number of amidine groups is 1. The fraction of sp³-hybridized carbons (Fsp3) is 0.533. The van der Waals surface area contributed by atoms with Gasteiger partial charge in [-0.05, 0) is 30.9 Å². The molecule has 1 saturated heterocycles. The highest BCUT2D eigenvalue weighted by Gasteiger charge is 2.22. The van der Waals surface area contributed by atoms with E-state index in [0.29, 0.717) is 10.6 Å². The minimum atomic E-state index is 0.0706. The first-order valence-electron chi connectivity index (χ1n) is 7.18. The Morgan fingerprint density at radius 1 is 1.45 bits per heavy atom. The van der Waals surface area contributed by atoms with Crippen LogP contribution in [0.25, 0.3) is 0 Å². The van der Waals surface area contributed by atoms with E-state index in [4.69, 9.17) is 22.5 Å². The Hall–Kier alpha value is -1.42. The molecule has 0 amide bonds. The molecule has 0 saturated carbocycles. The van der Waals surface area contributed by atoms with Gasteiger partial charge in [0.05, 0.1) is 10.6 Å². The summed E-state index contributed by atoms with van der Waals surface area (Å²) in [6.07, 6.45) is 4.93. The second kappa shape index (κ2) is 6.84. The molecule has 1 aliphatic heterocycles. The Bertz CT molecular complexity index is 482. The van der Waals surface area contributed by atoms with Gasteiger partial charge < -0.3 is 15.8 Å². The lowest BCUT2D eigenvalue weighted by Gasteiger charge is -2.34. The molecule has 110 valence electrons. The van der Waals surface area contributed by atoms with Gasteiger partial charge >= 0.3 is 0 Å². The summed E-state index contributed by atoms with van der Waals surface area (Å²) in [5.74, 6) is 0.893. The summed E-state index contributed by atoms with van der Waals surface area (Å²) >= 11 is 6.20. The molecule has 1 aliphatic rings. The lowest BCUT2D eigenvalue weighted by Crippen LogP contribution is -2.35. The number of oxime groups is 1. The molecule has 1 aromatic carbocycles. The Morgan fingerprint density at radius 2 is 2.15 bits per heavy atom. The van der Waals surface area contributed by atoms with Gasteiger partial charge in [0.2, 0.25) is 0 Å².